The van der Waals surface area contributed by atoms with Crippen LogP contribution in [0.15, 0.2) is 52.3 Å². The number of nitrogens with one attached hydrogen (secondary N) is 1. The monoisotopic (exact) mass is 315 g/mol. The molecule has 0 aliphatic carbocycles. The molecule has 2 aromatic carbocycles. The van der Waals surface area contributed by atoms with Crippen molar-refractivity contribution in [1.82, 2.24) is 0 Å². The van der Waals surface area contributed by atoms with E-state index in [1.165, 1.54) is 19.3 Å². The van der Waals surface area contributed by atoms with Gasteiger partial charge in [-0.2, -0.15) is 0 Å². The van der Waals surface area contributed by atoms with Gasteiger partial charge in [-0.05, 0) is 24.6 Å². The molecule has 4 heteroatoms. The Labute approximate surface area is 132 Å². The molecule has 0 saturated carbocycles. The van der Waals surface area contributed by atoms with Gasteiger partial charge in [0.15, 0.2) is 0 Å². The van der Waals surface area contributed by atoms with Gasteiger partial charge in [0, 0.05) is 23.4 Å². The number of hydrogen-bond donors (Lipinski definition) is 1. The number of hydrogen-bond acceptors (Lipinski definition) is 3. The van der Waals surface area contributed by atoms with Crippen molar-refractivity contribution in [2.45, 2.75) is 42.4 Å². The first kappa shape index (κ1) is 15.1. The number of unbranched alkanes of at least 4 members (excludes halogenated alkanes) is 3. The summed E-state index contributed by atoms with van der Waals surface area (Å²) < 4.78 is 25.2. The lowest BCUT2D eigenvalue weighted by Crippen LogP contribution is -2.03. The average Bonchev–Trinajstić information content (AvgIpc) is 2.77. The van der Waals surface area contributed by atoms with Crippen molar-refractivity contribution in [3.8, 4) is 11.1 Å². The second kappa shape index (κ2) is 6.13. The second-order valence-corrected chi connectivity index (χ2v) is 7.55. The van der Waals surface area contributed by atoms with Crippen LogP contribution in [0, 0.1) is 0 Å². The molecule has 2 aromatic rings. The van der Waals surface area contributed by atoms with Crippen LogP contribution in [0.1, 0.15) is 32.6 Å². The third kappa shape index (κ3) is 2.52. The summed E-state index contributed by atoms with van der Waals surface area (Å²) in [6.07, 6.45) is 4.76. The summed E-state index contributed by atoms with van der Waals surface area (Å²) in [6.45, 7) is 3.07. The molecular formula is C18H21NO2S. The van der Waals surface area contributed by atoms with Gasteiger partial charge in [-0.15, -0.1) is 0 Å². The fourth-order valence-electron chi connectivity index (χ4n) is 2.98. The Bertz CT molecular complexity index is 781. The van der Waals surface area contributed by atoms with Gasteiger partial charge in [-0.1, -0.05) is 50.5 Å². The zero-order valence-corrected chi connectivity index (χ0v) is 13.6. The van der Waals surface area contributed by atoms with Crippen molar-refractivity contribution in [1.29, 1.82) is 0 Å². The Hall–Kier alpha value is -1.81. The lowest BCUT2D eigenvalue weighted by molar-refractivity contribution is 0.598. The molecule has 3 nitrogen and oxygen atoms in total. The van der Waals surface area contributed by atoms with Crippen LogP contribution in [0.25, 0.3) is 11.1 Å². The van der Waals surface area contributed by atoms with Gasteiger partial charge >= 0.3 is 0 Å². The van der Waals surface area contributed by atoms with Crippen LogP contribution in [0.3, 0.4) is 0 Å². The standard InChI is InChI=1S/C18H21NO2S/c1-2-3-4-7-13-19-15-10-8-12-17-18(15)14-9-5-6-11-16(14)22(17,20)21/h5-6,8-12,19H,2-4,7,13H2,1H3. The summed E-state index contributed by atoms with van der Waals surface area (Å²) in [5.74, 6) is 0. The minimum absolute atomic E-state index is 0.422. The highest BCUT2D eigenvalue weighted by Gasteiger charge is 2.33. The predicted molar refractivity (Wildman–Crippen MR) is 90.0 cm³/mol. The van der Waals surface area contributed by atoms with Crippen molar-refractivity contribution >= 4 is 15.5 Å². The third-order valence-corrected chi connectivity index (χ3v) is 5.96. The molecule has 1 N–H and O–H groups in total. The number of benzene rings is 2. The quantitative estimate of drug-likeness (QED) is 0.682. The van der Waals surface area contributed by atoms with Crippen LogP contribution in [-0.2, 0) is 9.84 Å². The van der Waals surface area contributed by atoms with E-state index in [4.69, 9.17) is 0 Å². The minimum atomic E-state index is -3.37. The zero-order chi connectivity index (χ0) is 15.6. The van der Waals surface area contributed by atoms with E-state index in [2.05, 4.69) is 12.2 Å². The SMILES string of the molecule is CCCCCCNc1cccc2c1-c1ccccc1S2(=O)=O. The summed E-state index contributed by atoms with van der Waals surface area (Å²) >= 11 is 0. The molecule has 1 aliphatic rings. The largest absolute Gasteiger partial charge is 0.385 e. The van der Waals surface area contributed by atoms with Crippen molar-refractivity contribution in [3.05, 3.63) is 42.5 Å². The van der Waals surface area contributed by atoms with Gasteiger partial charge in [0.1, 0.15) is 0 Å². The van der Waals surface area contributed by atoms with Crippen LogP contribution in [-0.4, -0.2) is 15.0 Å². The molecule has 0 radical (unpaired) electrons. The van der Waals surface area contributed by atoms with E-state index in [0.29, 0.717) is 9.79 Å². The Kier molecular flexibility index (Phi) is 4.21. The normalized spacial score (nSPS) is 14.4. The predicted octanol–water partition coefficient (Wildman–Crippen LogP) is 4.49. The van der Waals surface area contributed by atoms with Crippen LogP contribution < -0.4 is 5.32 Å². The molecule has 0 amide bonds. The van der Waals surface area contributed by atoms with Crippen molar-refractivity contribution in [2.75, 3.05) is 11.9 Å². The van der Waals surface area contributed by atoms with E-state index >= 15 is 0 Å². The molecule has 116 valence electrons. The molecule has 0 atom stereocenters. The van der Waals surface area contributed by atoms with Crippen molar-refractivity contribution < 1.29 is 8.42 Å². The second-order valence-electron chi connectivity index (χ2n) is 5.67. The fraction of sp³-hybridized carbons (Fsp3) is 0.333. The smallest absolute Gasteiger partial charge is 0.207 e. The summed E-state index contributed by atoms with van der Waals surface area (Å²) in [4.78, 5) is 0.845. The van der Waals surface area contributed by atoms with Gasteiger partial charge < -0.3 is 5.32 Å². The van der Waals surface area contributed by atoms with Crippen LogP contribution in [0.2, 0.25) is 0 Å². The highest BCUT2D eigenvalue weighted by molar-refractivity contribution is 7.92. The maximum absolute atomic E-state index is 12.6. The van der Waals surface area contributed by atoms with E-state index in [1.54, 1.807) is 18.2 Å². The van der Waals surface area contributed by atoms with Gasteiger partial charge in [-0.3, -0.25) is 0 Å². The van der Waals surface area contributed by atoms with E-state index in [0.717, 1.165) is 29.8 Å². The lowest BCUT2D eigenvalue weighted by Gasteiger charge is -2.11. The molecule has 0 saturated heterocycles. The number of rotatable bonds is 6. The van der Waals surface area contributed by atoms with Crippen molar-refractivity contribution in [3.63, 3.8) is 0 Å². The first-order valence-corrected chi connectivity index (χ1v) is 9.36. The van der Waals surface area contributed by atoms with Crippen LogP contribution >= 0.6 is 0 Å². The third-order valence-electron chi connectivity index (χ3n) is 4.11. The average molecular weight is 315 g/mol. The summed E-state index contributed by atoms with van der Waals surface area (Å²) in [5.41, 5.74) is 2.56. The zero-order valence-electron chi connectivity index (χ0n) is 12.8. The molecule has 0 spiro atoms. The maximum Gasteiger partial charge on any atom is 0.207 e. The van der Waals surface area contributed by atoms with E-state index in [-0.39, 0.29) is 0 Å². The number of anilines is 1. The Morgan fingerprint density at radius 2 is 1.68 bits per heavy atom. The molecule has 0 unspecified atom stereocenters. The molecule has 0 aromatic heterocycles. The summed E-state index contributed by atoms with van der Waals surface area (Å²) in [5, 5.41) is 3.42. The van der Waals surface area contributed by atoms with Gasteiger partial charge in [0.05, 0.1) is 9.79 Å². The van der Waals surface area contributed by atoms with Gasteiger partial charge in [-0.25, -0.2) is 8.42 Å². The molecular weight excluding hydrogens is 294 g/mol. The number of sulfone groups is 1. The molecule has 22 heavy (non-hydrogen) atoms. The molecule has 1 aliphatic heterocycles. The first-order chi connectivity index (χ1) is 10.7. The molecule has 0 bridgehead atoms. The molecule has 1 heterocycles. The maximum atomic E-state index is 12.6. The minimum Gasteiger partial charge on any atom is -0.385 e. The summed E-state index contributed by atoms with van der Waals surface area (Å²) in [7, 11) is -3.37. The summed E-state index contributed by atoms with van der Waals surface area (Å²) in [6, 6.07) is 12.7. The van der Waals surface area contributed by atoms with Crippen molar-refractivity contribution in [2.24, 2.45) is 0 Å². The van der Waals surface area contributed by atoms with Gasteiger partial charge in [0.2, 0.25) is 9.84 Å². The van der Waals surface area contributed by atoms with Gasteiger partial charge in [0.25, 0.3) is 0 Å². The first-order valence-electron chi connectivity index (χ1n) is 7.87. The lowest BCUT2D eigenvalue weighted by atomic mass is 10.0. The van der Waals surface area contributed by atoms with Crippen LogP contribution in [0.5, 0.6) is 0 Å². The van der Waals surface area contributed by atoms with E-state index in [9.17, 15) is 8.42 Å². The van der Waals surface area contributed by atoms with E-state index < -0.39 is 9.84 Å². The Morgan fingerprint density at radius 3 is 2.50 bits per heavy atom. The highest BCUT2D eigenvalue weighted by Crippen LogP contribution is 2.46. The Balaban J connectivity index is 1.93. The van der Waals surface area contributed by atoms with E-state index in [1.807, 2.05) is 24.3 Å². The highest BCUT2D eigenvalue weighted by atomic mass is 32.2. The molecule has 3 rings (SSSR count). The fourth-order valence-corrected chi connectivity index (χ4v) is 4.68. The topological polar surface area (TPSA) is 46.2 Å². The van der Waals surface area contributed by atoms with Crippen LogP contribution in [0.4, 0.5) is 5.69 Å². The Morgan fingerprint density at radius 1 is 0.909 bits per heavy atom. The molecule has 0 fully saturated rings. The number of fused-ring (bicyclic) bond motifs is 3.